The molecule has 1 aliphatic carbocycles. The maximum absolute atomic E-state index is 12.5. The Labute approximate surface area is 144 Å². The molecule has 2 aromatic heterocycles. The number of ether oxygens (including phenoxy) is 1. The first-order chi connectivity index (χ1) is 12.2. The summed E-state index contributed by atoms with van der Waals surface area (Å²) in [5.41, 5.74) is 1.52. The number of carbonyl (C=O) groups is 1. The molecular weight excluding hydrogens is 320 g/mol. The number of pyridine rings is 1. The Kier molecular flexibility index (Phi) is 3.76. The van der Waals surface area contributed by atoms with Gasteiger partial charge in [-0.25, -0.2) is 0 Å². The average molecular weight is 338 g/mol. The van der Waals surface area contributed by atoms with Gasteiger partial charge in [-0.1, -0.05) is 12.5 Å². The highest BCUT2D eigenvalue weighted by atomic mass is 16.5. The smallest absolute Gasteiger partial charge is 0.259 e. The highest BCUT2D eigenvalue weighted by molar-refractivity contribution is 6.06. The summed E-state index contributed by atoms with van der Waals surface area (Å²) in [4.78, 5) is 12.5. The molecule has 0 spiro atoms. The predicted molar refractivity (Wildman–Crippen MR) is 92.2 cm³/mol. The number of rotatable bonds is 4. The molecule has 1 aromatic carbocycles. The fraction of sp³-hybridized carbons (Fsp3) is 0.278. The van der Waals surface area contributed by atoms with Gasteiger partial charge in [-0.15, -0.1) is 10.2 Å². The van der Waals surface area contributed by atoms with Crippen LogP contribution in [0.1, 0.15) is 41.4 Å². The first-order valence-electron chi connectivity index (χ1n) is 8.19. The first-order valence-corrected chi connectivity index (χ1v) is 8.19. The molecule has 1 amide bonds. The molecule has 0 radical (unpaired) electrons. The highest BCUT2D eigenvalue weighted by Gasteiger charge is 2.24. The molecule has 7 nitrogen and oxygen atoms in total. The third kappa shape index (κ3) is 2.67. The van der Waals surface area contributed by atoms with Gasteiger partial charge in [0.2, 0.25) is 0 Å². The first kappa shape index (κ1) is 15.4. The Morgan fingerprint density at radius 1 is 1.28 bits per heavy atom. The van der Waals surface area contributed by atoms with Gasteiger partial charge in [0, 0.05) is 12.1 Å². The minimum atomic E-state index is -0.408. The van der Waals surface area contributed by atoms with Crippen LogP contribution in [0.5, 0.6) is 11.5 Å². The van der Waals surface area contributed by atoms with Gasteiger partial charge in [0.15, 0.2) is 17.1 Å². The number of methoxy groups -OCH3 is 1. The maximum Gasteiger partial charge on any atom is 0.259 e. The topological polar surface area (TPSA) is 88.8 Å². The molecule has 1 fully saturated rings. The number of benzene rings is 1. The molecule has 4 rings (SSSR count). The van der Waals surface area contributed by atoms with E-state index in [0.717, 1.165) is 24.3 Å². The molecule has 25 heavy (non-hydrogen) atoms. The molecule has 7 heteroatoms. The van der Waals surface area contributed by atoms with Crippen LogP contribution >= 0.6 is 0 Å². The fourth-order valence-electron chi connectivity index (χ4n) is 3.00. The zero-order valence-corrected chi connectivity index (χ0v) is 13.8. The number of amides is 1. The number of hydrogen-bond donors (Lipinski definition) is 2. The summed E-state index contributed by atoms with van der Waals surface area (Å²) in [6, 6.07) is 8.38. The number of fused-ring (bicyclic) bond motifs is 1. The minimum absolute atomic E-state index is 0.155. The molecule has 1 saturated carbocycles. The number of hydrogen-bond acceptors (Lipinski definition) is 5. The highest BCUT2D eigenvalue weighted by Crippen LogP contribution is 2.35. The van der Waals surface area contributed by atoms with Crippen molar-refractivity contribution in [3.8, 4) is 11.5 Å². The molecule has 128 valence electrons. The van der Waals surface area contributed by atoms with Crippen molar-refractivity contribution < 1.29 is 14.6 Å². The van der Waals surface area contributed by atoms with Crippen LogP contribution in [0.3, 0.4) is 0 Å². The van der Waals surface area contributed by atoms with Crippen LogP contribution in [0, 0.1) is 0 Å². The number of aromatic hydroxyl groups is 1. The molecule has 0 aliphatic heterocycles. The molecule has 1 aliphatic rings. The lowest BCUT2D eigenvalue weighted by molar-refractivity contribution is 0.102. The zero-order valence-electron chi connectivity index (χ0n) is 13.8. The van der Waals surface area contributed by atoms with Crippen LogP contribution in [0.4, 0.5) is 5.69 Å². The van der Waals surface area contributed by atoms with E-state index in [1.54, 1.807) is 24.3 Å². The lowest BCUT2D eigenvalue weighted by Crippen LogP contribution is -2.14. The molecule has 2 heterocycles. The number of carbonyl (C=O) groups excluding carboxylic acids is 1. The second-order valence-electron chi connectivity index (χ2n) is 6.14. The normalized spacial score (nSPS) is 14.3. The average Bonchev–Trinajstić information content (AvgIpc) is 2.96. The van der Waals surface area contributed by atoms with E-state index in [1.165, 1.54) is 13.5 Å². The van der Waals surface area contributed by atoms with E-state index >= 15 is 0 Å². The van der Waals surface area contributed by atoms with Crippen LogP contribution in [0.2, 0.25) is 0 Å². The molecular formula is C18H18N4O3. The summed E-state index contributed by atoms with van der Waals surface area (Å²) >= 11 is 0. The number of aromatic nitrogens is 3. The number of anilines is 1. The zero-order chi connectivity index (χ0) is 17.4. The standard InChI is InChI=1S/C18H18N4O3/c1-25-14-7-3-6-13(16(14)23)18(24)19-12-8-9-15-20-21-17(22(15)10-12)11-4-2-5-11/h3,6-11,23H,2,4-5H2,1H3,(H,19,24). The van der Waals surface area contributed by atoms with E-state index in [-0.39, 0.29) is 17.1 Å². The Balaban J connectivity index is 1.63. The maximum atomic E-state index is 12.5. The summed E-state index contributed by atoms with van der Waals surface area (Å²) in [6.07, 6.45) is 5.27. The third-order valence-corrected chi connectivity index (χ3v) is 4.62. The SMILES string of the molecule is COc1cccc(C(=O)Nc2ccc3nnc(C4CCC4)n3c2)c1O. The van der Waals surface area contributed by atoms with Crippen LogP contribution in [-0.4, -0.2) is 32.7 Å². The van der Waals surface area contributed by atoms with E-state index in [1.807, 2.05) is 16.7 Å². The van der Waals surface area contributed by atoms with Crippen molar-refractivity contribution in [1.29, 1.82) is 0 Å². The Morgan fingerprint density at radius 2 is 2.12 bits per heavy atom. The Hall–Kier alpha value is -3.09. The number of nitrogens with one attached hydrogen (secondary N) is 1. The molecule has 0 saturated heterocycles. The monoisotopic (exact) mass is 338 g/mol. The number of phenolic OH excluding ortho intramolecular Hbond substituents is 1. The van der Waals surface area contributed by atoms with Crippen molar-refractivity contribution in [3.05, 3.63) is 47.9 Å². The molecule has 0 unspecified atom stereocenters. The molecule has 3 aromatic rings. The Morgan fingerprint density at radius 3 is 2.84 bits per heavy atom. The van der Waals surface area contributed by atoms with Crippen molar-refractivity contribution in [1.82, 2.24) is 14.6 Å². The van der Waals surface area contributed by atoms with Crippen molar-refractivity contribution in [2.45, 2.75) is 25.2 Å². The van der Waals surface area contributed by atoms with Gasteiger partial charge in [-0.3, -0.25) is 9.20 Å². The second-order valence-corrected chi connectivity index (χ2v) is 6.14. The van der Waals surface area contributed by atoms with Crippen molar-refractivity contribution >= 4 is 17.2 Å². The molecule has 2 N–H and O–H groups in total. The van der Waals surface area contributed by atoms with Gasteiger partial charge in [-0.2, -0.15) is 0 Å². The summed E-state index contributed by atoms with van der Waals surface area (Å²) in [5.74, 6) is 1.04. The van der Waals surface area contributed by atoms with E-state index in [2.05, 4.69) is 15.5 Å². The third-order valence-electron chi connectivity index (χ3n) is 4.62. The fourth-order valence-corrected chi connectivity index (χ4v) is 3.00. The Bertz CT molecular complexity index is 947. The van der Waals surface area contributed by atoms with Crippen LogP contribution in [0.25, 0.3) is 5.65 Å². The van der Waals surface area contributed by atoms with Gasteiger partial charge in [0.05, 0.1) is 18.4 Å². The lowest BCUT2D eigenvalue weighted by atomic mass is 9.85. The molecule has 0 bridgehead atoms. The van der Waals surface area contributed by atoms with Crippen molar-refractivity contribution in [2.24, 2.45) is 0 Å². The molecule has 0 atom stereocenters. The predicted octanol–water partition coefficient (Wildman–Crippen LogP) is 2.96. The van der Waals surface area contributed by atoms with Crippen molar-refractivity contribution in [3.63, 3.8) is 0 Å². The summed E-state index contributed by atoms with van der Waals surface area (Å²) < 4.78 is 6.96. The lowest BCUT2D eigenvalue weighted by Gasteiger charge is -2.23. The van der Waals surface area contributed by atoms with Gasteiger partial charge < -0.3 is 15.2 Å². The van der Waals surface area contributed by atoms with Gasteiger partial charge in [-0.05, 0) is 37.1 Å². The number of nitrogens with zero attached hydrogens (tertiary/aromatic N) is 3. The summed E-state index contributed by atoms with van der Waals surface area (Å²) in [5, 5.41) is 21.4. The second kappa shape index (κ2) is 6.08. The van der Waals surface area contributed by atoms with Gasteiger partial charge in [0.25, 0.3) is 5.91 Å². The van der Waals surface area contributed by atoms with Crippen molar-refractivity contribution in [2.75, 3.05) is 12.4 Å². The number of phenols is 1. The van der Waals surface area contributed by atoms with E-state index in [9.17, 15) is 9.90 Å². The van der Waals surface area contributed by atoms with Crippen LogP contribution in [-0.2, 0) is 0 Å². The van der Waals surface area contributed by atoms with Gasteiger partial charge in [0.1, 0.15) is 5.82 Å². The number of para-hydroxylation sites is 1. The quantitative estimate of drug-likeness (QED) is 0.763. The minimum Gasteiger partial charge on any atom is -0.504 e. The van der Waals surface area contributed by atoms with E-state index in [0.29, 0.717) is 11.6 Å². The van der Waals surface area contributed by atoms with E-state index in [4.69, 9.17) is 4.74 Å². The summed E-state index contributed by atoms with van der Waals surface area (Å²) in [6.45, 7) is 0. The van der Waals surface area contributed by atoms with Gasteiger partial charge >= 0.3 is 0 Å². The van der Waals surface area contributed by atoms with Crippen LogP contribution < -0.4 is 10.1 Å². The largest absolute Gasteiger partial charge is 0.504 e. The van der Waals surface area contributed by atoms with E-state index < -0.39 is 5.91 Å². The van der Waals surface area contributed by atoms with Crippen LogP contribution in [0.15, 0.2) is 36.5 Å². The summed E-state index contributed by atoms with van der Waals surface area (Å²) in [7, 11) is 1.44.